The zero-order valence-electron chi connectivity index (χ0n) is 12.6. The molecule has 0 bridgehead atoms. The minimum Gasteiger partial charge on any atom is -0.454 e. The van der Waals surface area contributed by atoms with Gasteiger partial charge in [-0.25, -0.2) is 4.39 Å². The molecule has 2 amide bonds. The molecule has 23 heavy (non-hydrogen) atoms. The van der Waals surface area contributed by atoms with E-state index in [1.807, 2.05) is 0 Å². The summed E-state index contributed by atoms with van der Waals surface area (Å²) in [5, 5.41) is 5.14. The summed E-state index contributed by atoms with van der Waals surface area (Å²) in [6.45, 7) is -0.714. The monoisotopic (exact) mass is 322 g/mol. The van der Waals surface area contributed by atoms with E-state index in [-0.39, 0.29) is 30.7 Å². The van der Waals surface area contributed by atoms with E-state index in [9.17, 15) is 18.8 Å². The molecule has 0 saturated heterocycles. The number of amides is 2. The number of carbonyl (C=O) groups is 3. The zero-order chi connectivity index (χ0) is 16.7. The first-order valence-electron chi connectivity index (χ1n) is 7.53. The van der Waals surface area contributed by atoms with Crippen LogP contribution in [0, 0.1) is 5.82 Å². The molecule has 1 fully saturated rings. The third-order valence-corrected chi connectivity index (χ3v) is 3.58. The first kappa shape index (κ1) is 16.9. The first-order chi connectivity index (χ1) is 11.0. The van der Waals surface area contributed by atoms with Crippen LogP contribution in [-0.4, -0.2) is 37.0 Å². The van der Waals surface area contributed by atoms with Gasteiger partial charge in [0.15, 0.2) is 6.61 Å². The van der Waals surface area contributed by atoms with E-state index >= 15 is 0 Å². The lowest BCUT2D eigenvalue weighted by atomic mass is 10.2. The molecule has 1 aromatic rings. The van der Waals surface area contributed by atoms with Crippen molar-refractivity contribution in [2.75, 3.05) is 13.2 Å². The Morgan fingerprint density at radius 2 is 1.78 bits per heavy atom. The van der Waals surface area contributed by atoms with Gasteiger partial charge in [0.05, 0.1) is 0 Å². The van der Waals surface area contributed by atoms with Crippen LogP contribution < -0.4 is 10.6 Å². The number of ether oxygens (including phenoxy) is 1. The van der Waals surface area contributed by atoms with Crippen LogP contribution in [0.25, 0.3) is 0 Å². The summed E-state index contributed by atoms with van der Waals surface area (Å²) in [5.74, 6) is -2.01. The lowest BCUT2D eigenvalue weighted by molar-refractivity contribution is -0.147. The normalized spacial score (nSPS) is 14.3. The van der Waals surface area contributed by atoms with E-state index in [0.717, 1.165) is 37.8 Å². The molecule has 1 aliphatic rings. The summed E-state index contributed by atoms with van der Waals surface area (Å²) < 4.78 is 17.5. The Bertz CT molecular complexity index is 568. The van der Waals surface area contributed by atoms with Gasteiger partial charge in [-0.1, -0.05) is 12.8 Å². The fourth-order valence-electron chi connectivity index (χ4n) is 2.39. The van der Waals surface area contributed by atoms with Crippen LogP contribution in [0.15, 0.2) is 24.3 Å². The van der Waals surface area contributed by atoms with Gasteiger partial charge in [-0.15, -0.1) is 0 Å². The molecule has 0 spiro atoms. The van der Waals surface area contributed by atoms with Gasteiger partial charge in [-0.3, -0.25) is 14.4 Å². The second-order valence-corrected chi connectivity index (χ2v) is 5.40. The summed E-state index contributed by atoms with van der Waals surface area (Å²) in [6, 6.07) is 5.09. The fourth-order valence-corrected chi connectivity index (χ4v) is 2.39. The maximum absolute atomic E-state index is 12.7. The largest absolute Gasteiger partial charge is 0.454 e. The molecule has 0 heterocycles. The van der Waals surface area contributed by atoms with E-state index in [4.69, 9.17) is 4.74 Å². The van der Waals surface area contributed by atoms with Crippen molar-refractivity contribution in [2.45, 2.75) is 31.7 Å². The van der Waals surface area contributed by atoms with Crippen molar-refractivity contribution in [1.82, 2.24) is 10.6 Å². The van der Waals surface area contributed by atoms with Gasteiger partial charge in [0.25, 0.3) is 11.8 Å². The Labute approximate surface area is 133 Å². The van der Waals surface area contributed by atoms with Crippen LogP contribution in [0.2, 0.25) is 0 Å². The van der Waals surface area contributed by atoms with Crippen molar-refractivity contribution in [1.29, 1.82) is 0 Å². The van der Waals surface area contributed by atoms with E-state index in [0.29, 0.717) is 0 Å². The van der Waals surface area contributed by atoms with Crippen LogP contribution in [0.4, 0.5) is 4.39 Å². The fraction of sp³-hybridized carbons (Fsp3) is 0.438. The first-order valence-corrected chi connectivity index (χ1v) is 7.53. The van der Waals surface area contributed by atoms with Crippen molar-refractivity contribution in [3.8, 4) is 0 Å². The van der Waals surface area contributed by atoms with Gasteiger partial charge in [0.1, 0.15) is 12.4 Å². The van der Waals surface area contributed by atoms with Crippen LogP contribution in [-0.2, 0) is 14.3 Å². The van der Waals surface area contributed by atoms with Crippen LogP contribution in [0.3, 0.4) is 0 Å². The summed E-state index contributed by atoms with van der Waals surface area (Å²) in [6.07, 6.45) is 4.10. The molecule has 2 N–H and O–H groups in total. The third-order valence-electron chi connectivity index (χ3n) is 3.58. The predicted octanol–water partition coefficient (Wildman–Crippen LogP) is 1.16. The smallest absolute Gasteiger partial charge is 0.325 e. The van der Waals surface area contributed by atoms with Gasteiger partial charge in [0.2, 0.25) is 0 Å². The second kappa shape index (κ2) is 8.26. The van der Waals surface area contributed by atoms with Gasteiger partial charge >= 0.3 is 5.97 Å². The summed E-state index contributed by atoms with van der Waals surface area (Å²) in [7, 11) is 0. The number of benzene rings is 1. The summed E-state index contributed by atoms with van der Waals surface area (Å²) >= 11 is 0. The lowest BCUT2D eigenvalue weighted by Gasteiger charge is -2.12. The molecule has 1 aliphatic carbocycles. The Morgan fingerprint density at radius 1 is 1.13 bits per heavy atom. The molecule has 0 radical (unpaired) electrons. The van der Waals surface area contributed by atoms with E-state index < -0.39 is 17.7 Å². The van der Waals surface area contributed by atoms with Crippen molar-refractivity contribution in [3.63, 3.8) is 0 Å². The number of nitrogens with one attached hydrogen (secondary N) is 2. The number of halogens is 1. The van der Waals surface area contributed by atoms with Crippen LogP contribution in [0.1, 0.15) is 36.0 Å². The molecule has 2 rings (SSSR count). The Kier molecular flexibility index (Phi) is 6.08. The molecular weight excluding hydrogens is 303 g/mol. The van der Waals surface area contributed by atoms with Crippen LogP contribution in [0.5, 0.6) is 0 Å². The molecule has 0 atom stereocenters. The summed E-state index contributed by atoms with van der Waals surface area (Å²) in [4.78, 5) is 34.8. The van der Waals surface area contributed by atoms with Crippen molar-refractivity contribution in [2.24, 2.45) is 0 Å². The highest BCUT2D eigenvalue weighted by atomic mass is 19.1. The average Bonchev–Trinajstić information content (AvgIpc) is 3.04. The van der Waals surface area contributed by atoms with Crippen molar-refractivity contribution >= 4 is 17.8 Å². The average molecular weight is 322 g/mol. The molecule has 1 aromatic carbocycles. The van der Waals surface area contributed by atoms with Gasteiger partial charge in [-0.05, 0) is 37.1 Å². The molecule has 6 nitrogen and oxygen atoms in total. The standard InChI is InChI=1S/C16H19FN2O4/c17-12-7-5-11(6-8-12)16(22)18-9-15(21)23-10-14(20)19-13-3-1-2-4-13/h5-8,13H,1-4,9-10H2,(H,18,22)(H,19,20). The number of hydrogen-bond acceptors (Lipinski definition) is 4. The number of rotatable bonds is 6. The van der Waals surface area contributed by atoms with E-state index in [1.54, 1.807) is 0 Å². The summed E-state index contributed by atoms with van der Waals surface area (Å²) in [5.41, 5.74) is 0.234. The highest BCUT2D eigenvalue weighted by molar-refractivity contribution is 5.96. The molecule has 0 aromatic heterocycles. The zero-order valence-corrected chi connectivity index (χ0v) is 12.6. The Morgan fingerprint density at radius 3 is 2.43 bits per heavy atom. The number of carbonyl (C=O) groups excluding carboxylic acids is 3. The number of esters is 1. The minimum atomic E-state index is -0.706. The molecule has 0 unspecified atom stereocenters. The molecule has 1 saturated carbocycles. The van der Waals surface area contributed by atoms with Gasteiger partial charge in [0, 0.05) is 11.6 Å². The van der Waals surface area contributed by atoms with E-state index in [1.165, 1.54) is 12.1 Å². The van der Waals surface area contributed by atoms with Crippen LogP contribution >= 0.6 is 0 Å². The quantitative estimate of drug-likeness (QED) is 0.770. The molecule has 7 heteroatoms. The second-order valence-electron chi connectivity index (χ2n) is 5.40. The topological polar surface area (TPSA) is 84.5 Å². The third kappa shape index (κ3) is 5.69. The maximum Gasteiger partial charge on any atom is 0.325 e. The molecular formula is C16H19FN2O4. The SMILES string of the molecule is O=C(COC(=O)CNC(=O)c1ccc(F)cc1)NC1CCCC1. The number of hydrogen-bond donors (Lipinski definition) is 2. The lowest BCUT2D eigenvalue weighted by Crippen LogP contribution is -2.37. The predicted molar refractivity (Wildman–Crippen MR) is 80.1 cm³/mol. The maximum atomic E-state index is 12.7. The minimum absolute atomic E-state index is 0.166. The van der Waals surface area contributed by atoms with Gasteiger partial charge in [-0.2, -0.15) is 0 Å². The van der Waals surface area contributed by atoms with E-state index in [2.05, 4.69) is 10.6 Å². The highest BCUT2D eigenvalue weighted by Gasteiger charge is 2.18. The van der Waals surface area contributed by atoms with Gasteiger partial charge < -0.3 is 15.4 Å². The molecule has 124 valence electrons. The molecule has 0 aliphatic heterocycles. The van der Waals surface area contributed by atoms with Crippen molar-refractivity contribution < 1.29 is 23.5 Å². The Balaban J connectivity index is 1.65. The Hall–Kier alpha value is -2.44. The van der Waals surface area contributed by atoms with Crippen molar-refractivity contribution in [3.05, 3.63) is 35.6 Å². The highest BCUT2D eigenvalue weighted by Crippen LogP contribution is 2.17.